The topological polar surface area (TPSA) is 130 Å². The largest absolute Gasteiger partial charge is 0.386 e. The second-order valence-electron chi connectivity index (χ2n) is 22.4. The van der Waals surface area contributed by atoms with Crippen LogP contribution in [0.1, 0.15) is 99.1 Å². The Morgan fingerprint density at radius 1 is 0.500 bits per heavy atom. The second-order valence-corrected chi connectivity index (χ2v) is 22.4. The number of hydrogen-bond donors (Lipinski definition) is 2. The fraction of sp³-hybridized carbons (Fsp3) is 0.355. The van der Waals surface area contributed by atoms with Gasteiger partial charge in [0.15, 0.2) is 0 Å². The predicted octanol–water partition coefficient (Wildman–Crippen LogP) is 13.1. The van der Waals surface area contributed by atoms with E-state index in [9.17, 15) is 19.0 Å². The molecule has 12 rings (SSSR count). The van der Waals surface area contributed by atoms with Crippen molar-refractivity contribution >= 4 is 43.9 Å². The maximum Gasteiger partial charge on any atom is 0.134 e. The SMILES string of the molecule is Cc1ncn(C)c1-c1cnc2c3ccc(C(C)(C)O)cc3n(C(c3c(F)cc(F)cc3F)C3CCOCC3)c2c1.Cc1ncn(C)c1-c1cnc2c3ccc(C(C)(C)O)cc3n(C(c3c(F)cc(F)cc3F)C3CCOCC3)c2c1. The molecule has 6 aromatic heterocycles. The van der Waals surface area contributed by atoms with Crippen molar-refractivity contribution in [1.29, 1.82) is 0 Å². The highest BCUT2D eigenvalue weighted by molar-refractivity contribution is 6.08. The minimum absolute atomic E-state index is 0.192. The molecule has 2 N–H and O–H groups in total. The van der Waals surface area contributed by atoms with Crippen LogP contribution >= 0.6 is 0 Å². The zero-order chi connectivity index (χ0) is 56.7. The highest BCUT2D eigenvalue weighted by Crippen LogP contribution is 2.46. The molecule has 2 aliphatic rings. The molecular formula is C62H62F6N8O4. The number of aromatic nitrogens is 8. The summed E-state index contributed by atoms with van der Waals surface area (Å²) in [6.07, 6.45) is 9.30. The van der Waals surface area contributed by atoms with Crippen LogP contribution < -0.4 is 0 Å². The van der Waals surface area contributed by atoms with Gasteiger partial charge in [-0.05, 0) is 114 Å². The molecule has 2 aliphatic heterocycles. The highest BCUT2D eigenvalue weighted by Gasteiger charge is 2.37. The van der Waals surface area contributed by atoms with Gasteiger partial charge in [0.1, 0.15) is 34.9 Å². The molecule has 2 fully saturated rings. The summed E-state index contributed by atoms with van der Waals surface area (Å²) < 4.78 is 109. The summed E-state index contributed by atoms with van der Waals surface area (Å²) in [4.78, 5) is 18.5. The molecule has 0 spiro atoms. The molecule has 2 atom stereocenters. The van der Waals surface area contributed by atoms with E-state index in [4.69, 9.17) is 19.4 Å². The molecule has 0 aliphatic carbocycles. The summed E-state index contributed by atoms with van der Waals surface area (Å²) >= 11 is 0. The Hall–Kier alpha value is -7.38. The zero-order valence-corrected chi connectivity index (χ0v) is 45.8. The van der Waals surface area contributed by atoms with Crippen molar-refractivity contribution < 1.29 is 46.0 Å². The number of nitrogens with zero attached hydrogens (tertiary/aromatic N) is 8. The Kier molecular flexibility index (Phi) is 14.3. The molecule has 0 bridgehead atoms. The Morgan fingerprint density at radius 3 is 1.16 bits per heavy atom. The van der Waals surface area contributed by atoms with E-state index in [0.717, 1.165) is 68.9 Å². The van der Waals surface area contributed by atoms with Gasteiger partial charge in [0.05, 0.1) is 91.8 Å². The van der Waals surface area contributed by atoms with Gasteiger partial charge in [-0.1, -0.05) is 24.3 Å². The van der Waals surface area contributed by atoms with Gasteiger partial charge < -0.3 is 38.0 Å². The summed E-state index contributed by atoms with van der Waals surface area (Å²) in [6, 6.07) is 16.5. The van der Waals surface area contributed by atoms with E-state index in [1.54, 1.807) is 52.7 Å². The van der Waals surface area contributed by atoms with Crippen molar-refractivity contribution in [3.8, 4) is 22.5 Å². The normalized spacial score (nSPS) is 15.8. The van der Waals surface area contributed by atoms with Gasteiger partial charge in [-0.25, -0.2) is 36.3 Å². The predicted molar refractivity (Wildman–Crippen MR) is 295 cm³/mol. The average Bonchev–Trinajstić information content (AvgIpc) is 4.14. The van der Waals surface area contributed by atoms with Crippen molar-refractivity contribution in [2.75, 3.05) is 26.4 Å². The van der Waals surface area contributed by atoms with E-state index in [2.05, 4.69) is 9.97 Å². The molecule has 0 radical (unpaired) electrons. The summed E-state index contributed by atoms with van der Waals surface area (Å²) in [5, 5.41) is 23.3. The number of pyridine rings is 2. The Morgan fingerprint density at radius 2 is 0.850 bits per heavy atom. The molecule has 0 saturated carbocycles. The van der Waals surface area contributed by atoms with E-state index in [1.165, 1.54) is 0 Å². The number of ether oxygens (including phenoxy) is 2. The monoisotopic (exact) mass is 1100 g/mol. The summed E-state index contributed by atoms with van der Waals surface area (Å²) in [6.45, 7) is 12.4. The number of imidazole rings is 2. The Balaban J connectivity index is 0.000000169. The van der Waals surface area contributed by atoms with Crippen LogP contribution in [0.3, 0.4) is 0 Å². The molecule has 2 unspecified atom stereocenters. The lowest BCUT2D eigenvalue weighted by atomic mass is 9.86. The van der Waals surface area contributed by atoms with Crippen LogP contribution in [0.15, 0.2) is 97.8 Å². The smallest absolute Gasteiger partial charge is 0.134 e. The third kappa shape index (κ3) is 9.83. The van der Waals surface area contributed by atoms with Gasteiger partial charge in [0.25, 0.3) is 0 Å². The van der Waals surface area contributed by atoms with Crippen LogP contribution in [0.4, 0.5) is 26.3 Å². The molecule has 10 aromatic rings. The van der Waals surface area contributed by atoms with Gasteiger partial charge in [-0.3, -0.25) is 9.97 Å². The van der Waals surface area contributed by atoms with E-state index in [-0.39, 0.29) is 23.0 Å². The maximum absolute atomic E-state index is 15.6. The maximum atomic E-state index is 15.6. The van der Waals surface area contributed by atoms with Gasteiger partial charge >= 0.3 is 0 Å². The molecule has 0 amide bonds. The lowest BCUT2D eigenvalue weighted by Crippen LogP contribution is -2.28. The third-order valence-electron chi connectivity index (χ3n) is 16.1. The van der Waals surface area contributed by atoms with E-state index < -0.39 is 58.2 Å². The standard InChI is InChI=1S/2C31H31F3N4O2/c2*1-17-29(37(4)16-36-17)19-11-26-28(35-15-19)22-6-5-20(31(2,3)39)12-25(22)38(26)30(18-7-9-40-10-8-18)27-23(33)13-21(32)14-24(27)34/h2*5-6,11-16,18,30,39H,7-10H2,1-4H3. The second kappa shape index (κ2) is 20.9. The van der Waals surface area contributed by atoms with Crippen molar-refractivity contribution in [3.05, 3.63) is 166 Å². The van der Waals surface area contributed by atoms with Crippen molar-refractivity contribution in [2.45, 2.75) is 90.5 Å². The number of hydrogen-bond acceptors (Lipinski definition) is 8. The number of halogens is 6. The van der Waals surface area contributed by atoms with Crippen molar-refractivity contribution in [3.63, 3.8) is 0 Å². The summed E-state index contributed by atoms with van der Waals surface area (Å²) in [5.74, 6) is -6.07. The van der Waals surface area contributed by atoms with Crippen molar-refractivity contribution in [1.82, 2.24) is 38.2 Å². The van der Waals surface area contributed by atoms with Gasteiger partial charge in [-0.15, -0.1) is 0 Å². The lowest BCUT2D eigenvalue weighted by molar-refractivity contribution is 0.0542. The number of aryl methyl sites for hydroxylation is 4. The lowest BCUT2D eigenvalue weighted by Gasteiger charge is -2.33. The first kappa shape index (κ1) is 54.6. The first-order chi connectivity index (χ1) is 38.1. The number of rotatable bonds is 10. The molecular weight excluding hydrogens is 1030 g/mol. The van der Waals surface area contributed by atoms with Crippen molar-refractivity contribution in [2.24, 2.45) is 25.9 Å². The van der Waals surface area contributed by atoms with E-state index in [1.807, 2.05) is 94.7 Å². The number of aliphatic hydroxyl groups is 2. The minimum atomic E-state index is -1.15. The molecule has 4 aromatic carbocycles. The fourth-order valence-corrected chi connectivity index (χ4v) is 12.2. The quantitative estimate of drug-likeness (QED) is 0.130. The van der Waals surface area contributed by atoms with Gasteiger partial charge in [0, 0.05) is 110 Å². The van der Waals surface area contributed by atoms with Crippen LogP contribution in [0.25, 0.3) is 66.4 Å². The van der Waals surface area contributed by atoms with Crippen LogP contribution in [0.5, 0.6) is 0 Å². The number of fused-ring (bicyclic) bond motifs is 6. The summed E-state index contributed by atoms with van der Waals surface area (Å²) in [7, 11) is 3.80. The fourth-order valence-electron chi connectivity index (χ4n) is 12.2. The van der Waals surface area contributed by atoms with Crippen LogP contribution in [-0.2, 0) is 34.8 Å². The molecule has 80 heavy (non-hydrogen) atoms. The first-order valence-corrected chi connectivity index (χ1v) is 26.8. The molecule has 18 heteroatoms. The summed E-state index contributed by atoms with van der Waals surface area (Å²) in [5.41, 5.74) is 7.70. The van der Waals surface area contributed by atoms with Crippen LogP contribution in [-0.4, -0.2) is 74.8 Å². The van der Waals surface area contributed by atoms with Gasteiger partial charge in [-0.2, -0.15) is 0 Å². The third-order valence-corrected chi connectivity index (χ3v) is 16.1. The zero-order valence-electron chi connectivity index (χ0n) is 45.8. The van der Waals surface area contributed by atoms with E-state index in [0.29, 0.717) is 96.3 Å². The molecule has 2 saturated heterocycles. The first-order valence-electron chi connectivity index (χ1n) is 26.8. The molecule has 8 heterocycles. The number of benzene rings is 4. The average molecular weight is 1100 g/mol. The highest BCUT2D eigenvalue weighted by atomic mass is 19.2. The van der Waals surface area contributed by atoms with Crippen LogP contribution in [0, 0.1) is 60.6 Å². The van der Waals surface area contributed by atoms with Gasteiger partial charge in [0.2, 0.25) is 0 Å². The minimum Gasteiger partial charge on any atom is -0.386 e. The molecule has 416 valence electrons. The Bertz CT molecular complexity index is 3660. The molecule has 12 nitrogen and oxygen atoms in total. The Labute approximate surface area is 458 Å². The van der Waals surface area contributed by atoms with Crippen LogP contribution in [0.2, 0.25) is 0 Å². The van der Waals surface area contributed by atoms with E-state index >= 15 is 17.6 Å².